The first-order valence-electron chi connectivity index (χ1n) is 7.74. The smallest absolute Gasteiger partial charge is 0.240 e. The second-order valence-corrected chi connectivity index (χ2v) is 7.70. The Kier molecular flexibility index (Phi) is 5.41. The molecule has 21 heavy (non-hydrogen) atoms. The SMILES string of the molecule is CCCN1CCC(NS(=O)(=O)c2ccc(C)c(C)c2)CC1. The Morgan fingerprint density at radius 1 is 1.19 bits per heavy atom. The van der Waals surface area contributed by atoms with Gasteiger partial charge in [-0.15, -0.1) is 0 Å². The van der Waals surface area contributed by atoms with Crippen LogP contribution in [0.5, 0.6) is 0 Å². The van der Waals surface area contributed by atoms with Gasteiger partial charge in [-0.1, -0.05) is 13.0 Å². The van der Waals surface area contributed by atoms with Crippen molar-refractivity contribution >= 4 is 10.0 Å². The Morgan fingerprint density at radius 2 is 1.86 bits per heavy atom. The van der Waals surface area contributed by atoms with Crippen LogP contribution in [0, 0.1) is 13.8 Å². The zero-order chi connectivity index (χ0) is 15.5. The third kappa shape index (κ3) is 4.28. The number of nitrogens with one attached hydrogen (secondary N) is 1. The molecule has 1 aromatic carbocycles. The predicted molar refractivity (Wildman–Crippen MR) is 86.0 cm³/mol. The molecule has 0 aliphatic carbocycles. The highest BCUT2D eigenvalue weighted by molar-refractivity contribution is 7.89. The second-order valence-electron chi connectivity index (χ2n) is 5.98. The lowest BCUT2D eigenvalue weighted by Gasteiger charge is -2.31. The molecule has 1 fully saturated rings. The highest BCUT2D eigenvalue weighted by atomic mass is 32.2. The third-order valence-electron chi connectivity index (χ3n) is 4.24. The van der Waals surface area contributed by atoms with Crippen LogP contribution in [0.3, 0.4) is 0 Å². The number of sulfonamides is 1. The van der Waals surface area contributed by atoms with Gasteiger partial charge in [0, 0.05) is 6.04 Å². The van der Waals surface area contributed by atoms with E-state index in [1.807, 2.05) is 19.9 Å². The molecule has 0 bridgehead atoms. The lowest BCUT2D eigenvalue weighted by molar-refractivity contribution is 0.208. The Hall–Kier alpha value is -0.910. The fraction of sp³-hybridized carbons (Fsp3) is 0.625. The van der Waals surface area contributed by atoms with E-state index in [-0.39, 0.29) is 6.04 Å². The normalized spacial score (nSPS) is 18.0. The van der Waals surface area contributed by atoms with E-state index in [9.17, 15) is 8.42 Å². The first kappa shape index (κ1) is 16.5. The summed E-state index contributed by atoms with van der Waals surface area (Å²) in [4.78, 5) is 2.78. The van der Waals surface area contributed by atoms with Crippen molar-refractivity contribution in [2.75, 3.05) is 19.6 Å². The quantitative estimate of drug-likeness (QED) is 0.909. The Labute approximate surface area is 128 Å². The molecule has 0 amide bonds. The molecule has 1 heterocycles. The van der Waals surface area contributed by atoms with Crippen molar-refractivity contribution in [3.63, 3.8) is 0 Å². The first-order chi connectivity index (χ1) is 9.92. The average molecular weight is 310 g/mol. The van der Waals surface area contributed by atoms with Crippen molar-refractivity contribution in [2.24, 2.45) is 0 Å². The summed E-state index contributed by atoms with van der Waals surface area (Å²) < 4.78 is 27.8. The maximum absolute atomic E-state index is 12.4. The minimum atomic E-state index is -3.40. The van der Waals surface area contributed by atoms with E-state index in [1.54, 1.807) is 12.1 Å². The molecular formula is C16H26N2O2S. The summed E-state index contributed by atoms with van der Waals surface area (Å²) in [5.74, 6) is 0. The Morgan fingerprint density at radius 3 is 2.43 bits per heavy atom. The molecule has 4 nitrogen and oxygen atoms in total. The number of rotatable bonds is 5. The van der Waals surface area contributed by atoms with Crippen LogP contribution in [0.25, 0.3) is 0 Å². The second kappa shape index (κ2) is 6.90. The van der Waals surface area contributed by atoms with E-state index in [1.165, 1.54) is 0 Å². The minimum absolute atomic E-state index is 0.0599. The number of aryl methyl sites for hydroxylation is 2. The molecule has 1 aliphatic rings. The fourth-order valence-electron chi connectivity index (χ4n) is 2.76. The summed E-state index contributed by atoms with van der Waals surface area (Å²) in [6.07, 6.45) is 2.94. The van der Waals surface area contributed by atoms with E-state index < -0.39 is 10.0 Å². The van der Waals surface area contributed by atoms with Crippen molar-refractivity contribution in [1.82, 2.24) is 9.62 Å². The van der Waals surface area contributed by atoms with Crippen molar-refractivity contribution in [2.45, 2.75) is 51.0 Å². The van der Waals surface area contributed by atoms with E-state index in [4.69, 9.17) is 0 Å². The molecule has 1 aromatic rings. The van der Waals surface area contributed by atoms with Crippen molar-refractivity contribution in [1.29, 1.82) is 0 Å². The van der Waals surface area contributed by atoms with Crippen LogP contribution < -0.4 is 4.72 Å². The zero-order valence-electron chi connectivity index (χ0n) is 13.2. The molecule has 1 aliphatic heterocycles. The molecule has 0 radical (unpaired) electrons. The number of hydrogen-bond acceptors (Lipinski definition) is 3. The molecular weight excluding hydrogens is 284 g/mol. The van der Waals surface area contributed by atoms with Gasteiger partial charge in [-0.3, -0.25) is 0 Å². The van der Waals surface area contributed by atoms with Gasteiger partial charge in [0.15, 0.2) is 0 Å². The Bertz CT molecular complexity index is 576. The van der Waals surface area contributed by atoms with Crippen molar-refractivity contribution in [3.05, 3.63) is 29.3 Å². The van der Waals surface area contributed by atoms with Gasteiger partial charge < -0.3 is 4.90 Å². The van der Waals surface area contributed by atoms with Crippen LogP contribution >= 0.6 is 0 Å². The summed E-state index contributed by atoms with van der Waals surface area (Å²) >= 11 is 0. The minimum Gasteiger partial charge on any atom is -0.303 e. The lowest BCUT2D eigenvalue weighted by atomic mass is 10.1. The summed E-state index contributed by atoms with van der Waals surface area (Å²) in [7, 11) is -3.40. The maximum atomic E-state index is 12.4. The summed E-state index contributed by atoms with van der Waals surface area (Å²) in [5, 5.41) is 0. The molecule has 0 spiro atoms. The zero-order valence-corrected chi connectivity index (χ0v) is 14.0. The van der Waals surface area contributed by atoms with Crippen LogP contribution in [0.4, 0.5) is 0 Å². The molecule has 0 aromatic heterocycles. The predicted octanol–water partition coefficient (Wildman–Crippen LogP) is 2.46. The van der Waals surface area contributed by atoms with Crippen LogP contribution in [0.1, 0.15) is 37.3 Å². The largest absolute Gasteiger partial charge is 0.303 e. The van der Waals surface area contributed by atoms with E-state index in [0.717, 1.165) is 50.0 Å². The lowest BCUT2D eigenvalue weighted by Crippen LogP contribution is -2.44. The molecule has 0 unspecified atom stereocenters. The molecule has 0 saturated carbocycles. The van der Waals surface area contributed by atoms with Crippen molar-refractivity contribution < 1.29 is 8.42 Å². The van der Waals surface area contributed by atoms with Gasteiger partial charge in [0.1, 0.15) is 0 Å². The third-order valence-corrected chi connectivity index (χ3v) is 5.76. The van der Waals surface area contributed by atoms with E-state index in [0.29, 0.717) is 4.90 Å². The van der Waals surface area contributed by atoms with Crippen LogP contribution in [0.15, 0.2) is 23.1 Å². The first-order valence-corrected chi connectivity index (χ1v) is 9.22. The van der Waals surface area contributed by atoms with Crippen LogP contribution in [0.2, 0.25) is 0 Å². The van der Waals surface area contributed by atoms with E-state index >= 15 is 0 Å². The van der Waals surface area contributed by atoms with Gasteiger partial charge in [-0.2, -0.15) is 0 Å². The van der Waals surface area contributed by atoms with Gasteiger partial charge in [0.25, 0.3) is 0 Å². The average Bonchev–Trinajstić information content (AvgIpc) is 2.44. The van der Waals surface area contributed by atoms with Crippen LogP contribution in [-0.4, -0.2) is 39.0 Å². The van der Waals surface area contributed by atoms with E-state index in [2.05, 4.69) is 16.5 Å². The highest BCUT2D eigenvalue weighted by Crippen LogP contribution is 2.17. The standard InChI is InChI=1S/C16H26N2O2S/c1-4-9-18-10-7-15(8-11-18)17-21(19,20)16-6-5-13(2)14(3)12-16/h5-6,12,15,17H,4,7-11H2,1-3H3. The topological polar surface area (TPSA) is 49.4 Å². The maximum Gasteiger partial charge on any atom is 0.240 e. The summed E-state index contributed by atoms with van der Waals surface area (Å²) in [6, 6.07) is 5.37. The van der Waals surface area contributed by atoms with Gasteiger partial charge >= 0.3 is 0 Å². The number of benzene rings is 1. The van der Waals surface area contributed by atoms with Crippen molar-refractivity contribution in [3.8, 4) is 0 Å². The summed E-state index contributed by atoms with van der Waals surface area (Å²) in [5.41, 5.74) is 2.12. The molecule has 118 valence electrons. The highest BCUT2D eigenvalue weighted by Gasteiger charge is 2.24. The Balaban J connectivity index is 2.00. The molecule has 1 saturated heterocycles. The van der Waals surface area contributed by atoms with Gasteiger partial charge in [-0.25, -0.2) is 13.1 Å². The number of hydrogen-bond donors (Lipinski definition) is 1. The van der Waals surface area contributed by atoms with Crippen LogP contribution in [-0.2, 0) is 10.0 Å². The summed E-state index contributed by atoms with van der Waals surface area (Å²) in [6.45, 7) is 9.17. The van der Waals surface area contributed by atoms with Gasteiger partial charge in [-0.05, 0) is 76.0 Å². The van der Waals surface area contributed by atoms with Gasteiger partial charge in [0.2, 0.25) is 10.0 Å². The molecule has 2 rings (SSSR count). The molecule has 1 N–H and O–H groups in total. The monoisotopic (exact) mass is 310 g/mol. The molecule has 0 atom stereocenters. The fourth-order valence-corrected chi connectivity index (χ4v) is 4.15. The van der Waals surface area contributed by atoms with Gasteiger partial charge in [0.05, 0.1) is 4.90 Å². The molecule has 5 heteroatoms. The number of piperidine rings is 1. The number of likely N-dealkylation sites (tertiary alicyclic amines) is 1. The number of nitrogens with zero attached hydrogens (tertiary/aromatic N) is 1.